The number of carbonyl (C=O) groups is 1. The zero-order chi connectivity index (χ0) is 17.4. The minimum atomic E-state index is -0.287. The quantitative estimate of drug-likeness (QED) is 0.867. The maximum Gasteiger partial charge on any atom is 0.274 e. The molecule has 1 saturated heterocycles. The first-order valence-corrected chi connectivity index (χ1v) is 8.66. The van der Waals surface area contributed by atoms with Gasteiger partial charge in [0.25, 0.3) is 11.5 Å². The highest BCUT2D eigenvalue weighted by atomic mass is 16.5. The molecule has 3 N–H and O–H groups in total. The molecule has 2 aliphatic rings. The number of ether oxygens (including phenoxy) is 1. The molecule has 0 aliphatic carbocycles. The molecule has 6 nitrogen and oxygen atoms in total. The zero-order valence-corrected chi connectivity index (χ0v) is 14.2. The number of methoxy groups -OCH3 is 1. The number of nitrogens with one attached hydrogen (secondary N) is 1. The van der Waals surface area contributed by atoms with Gasteiger partial charge in [-0.05, 0) is 42.8 Å². The molecule has 1 fully saturated rings. The van der Waals surface area contributed by atoms with Crippen LogP contribution in [0.1, 0.15) is 28.4 Å². The highest BCUT2D eigenvalue weighted by molar-refractivity contribution is 6.04. The van der Waals surface area contributed by atoms with E-state index < -0.39 is 0 Å². The van der Waals surface area contributed by atoms with Gasteiger partial charge in [-0.2, -0.15) is 0 Å². The summed E-state index contributed by atoms with van der Waals surface area (Å²) in [6.07, 6.45) is 1.16. The third kappa shape index (κ3) is 2.93. The Morgan fingerprint density at radius 1 is 1.20 bits per heavy atom. The molecule has 25 heavy (non-hydrogen) atoms. The molecule has 0 unspecified atom stereocenters. The number of nitrogens with two attached hydrogens (primary N) is 1. The fourth-order valence-electron chi connectivity index (χ4n) is 3.95. The van der Waals surface area contributed by atoms with Crippen molar-refractivity contribution < 1.29 is 14.8 Å². The smallest absolute Gasteiger partial charge is 0.274 e. The van der Waals surface area contributed by atoms with Crippen LogP contribution in [0.15, 0.2) is 41.2 Å². The summed E-state index contributed by atoms with van der Waals surface area (Å²) in [6, 6.07) is 10.6. The normalized spacial score (nSPS) is 21.3. The summed E-state index contributed by atoms with van der Waals surface area (Å²) in [4.78, 5) is 25.3. The molecule has 2 aromatic rings. The maximum absolute atomic E-state index is 12.8. The maximum atomic E-state index is 12.8. The number of hydrogen-bond donors (Lipinski definition) is 2. The molecule has 1 amide bonds. The lowest BCUT2D eigenvalue weighted by molar-refractivity contribution is -0.673. The highest BCUT2D eigenvalue weighted by Crippen LogP contribution is 2.30. The molecule has 6 heteroatoms. The Labute approximate surface area is 145 Å². The van der Waals surface area contributed by atoms with Gasteiger partial charge in [-0.3, -0.25) is 9.59 Å². The van der Waals surface area contributed by atoms with E-state index in [0.29, 0.717) is 28.8 Å². The molecule has 0 spiro atoms. The topological polar surface area (TPSA) is 76.9 Å². The molecule has 1 aromatic heterocycles. The lowest BCUT2D eigenvalue weighted by atomic mass is 9.84. The second-order valence-electron chi connectivity index (χ2n) is 6.83. The number of nitrogens with zero attached hydrogens (tertiary/aromatic N) is 1. The van der Waals surface area contributed by atoms with Gasteiger partial charge >= 0.3 is 0 Å². The average molecular weight is 340 g/mol. The van der Waals surface area contributed by atoms with Crippen LogP contribution in [0.25, 0.3) is 0 Å². The average Bonchev–Trinajstić information content (AvgIpc) is 2.65. The monoisotopic (exact) mass is 340 g/mol. The van der Waals surface area contributed by atoms with Crippen LogP contribution in [0.5, 0.6) is 5.75 Å². The largest absolute Gasteiger partial charge is 0.497 e. The lowest BCUT2D eigenvalue weighted by Gasteiger charge is -2.35. The second kappa shape index (κ2) is 6.37. The molecule has 4 rings (SSSR count). The minimum absolute atomic E-state index is 0.101. The van der Waals surface area contributed by atoms with E-state index in [1.165, 1.54) is 0 Å². The van der Waals surface area contributed by atoms with Crippen molar-refractivity contribution >= 4 is 11.6 Å². The number of amides is 1. The molecule has 1 aromatic carbocycles. The van der Waals surface area contributed by atoms with Crippen LogP contribution in [0.2, 0.25) is 0 Å². The van der Waals surface area contributed by atoms with Crippen molar-refractivity contribution in [1.82, 2.24) is 4.57 Å². The number of rotatable bonds is 3. The molecule has 0 saturated carbocycles. The summed E-state index contributed by atoms with van der Waals surface area (Å²) in [5, 5.41) is 5.10. The van der Waals surface area contributed by atoms with E-state index in [4.69, 9.17) is 4.74 Å². The van der Waals surface area contributed by atoms with Gasteiger partial charge in [-0.1, -0.05) is 0 Å². The highest BCUT2D eigenvalue weighted by Gasteiger charge is 2.33. The number of benzene rings is 1. The number of quaternary nitrogens is 1. The Hall–Kier alpha value is -2.60. The predicted octanol–water partition coefficient (Wildman–Crippen LogP) is 0.790. The Balaban J connectivity index is 1.60. The summed E-state index contributed by atoms with van der Waals surface area (Å²) in [7, 11) is 1.58. The van der Waals surface area contributed by atoms with Gasteiger partial charge in [0.05, 0.1) is 20.2 Å². The van der Waals surface area contributed by atoms with Crippen LogP contribution in [-0.2, 0) is 6.54 Å². The van der Waals surface area contributed by atoms with Crippen molar-refractivity contribution in [1.29, 1.82) is 0 Å². The summed E-state index contributed by atoms with van der Waals surface area (Å²) < 4.78 is 6.95. The van der Waals surface area contributed by atoms with Crippen LogP contribution in [0.4, 0.5) is 5.69 Å². The number of anilines is 1. The summed E-state index contributed by atoms with van der Waals surface area (Å²) in [5.74, 6) is 1.38. The van der Waals surface area contributed by atoms with E-state index in [1.807, 2.05) is 10.6 Å². The summed E-state index contributed by atoms with van der Waals surface area (Å²) in [5.41, 5.74) is 1.83. The van der Waals surface area contributed by atoms with Crippen LogP contribution >= 0.6 is 0 Å². The van der Waals surface area contributed by atoms with Gasteiger partial charge in [0.2, 0.25) is 0 Å². The molecule has 3 heterocycles. The first kappa shape index (κ1) is 15.9. The van der Waals surface area contributed by atoms with Gasteiger partial charge < -0.3 is 19.9 Å². The van der Waals surface area contributed by atoms with E-state index in [0.717, 1.165) is 31.7 Å². The number of fused-ring (bicyclic) bond motifs is 4. The minimum Gasteiger partial charge on any atom is -0.497 e. The Morgan fingerprint density at radius 3 is 2.76 bits per heavy atom. The molecular formula is C19H22N3O3+. The SMILES string of the molecule is COc1ccc(C(=O)Nc2ccc3n(c2=O)C[C@@H]2C[NH2+]C[C@H]3C2)cc1. The Kier molecular flexibility index (Phi) is 4.05. The molecular weight excluding hydrogens is 318 g/mol. The number of hydrogen-bond acceptors (Lipinski definition) is 3. The number of carbonyl (C=O) groups excluding carboxylic acids is 1. The molecule has 2 aliphatic heterocycles. The second-order valence-corrected chi connectivity index (χ2v) is 6.83. The van der Waals surface area contributed by atoms with Gasteiger partial charge in [0, 0.05) is 29.6 Å². The Morgan fingerprint density at radius 2 is 2.00 bits per heavy atom. The molecule has 2 atom stereocenters. The number of aromatic nitrogens is 1. The number of piperidine rings is 1. The standard InChI is InChI=1S/C19H21N3O3/c1-25-15-4-2-13(3-5-15)18(23)21-16-6-7-17-14-8-12(9-20-10-14)11-22(17)19(16)24/h2-7,12,14,20H,8-11H2,1H3,(H,21,23)/p+1/t12-,14+/m0/s1. The van der Waals surface area contributed by atoms with Gasteiger partial charge in [0.15, 0.2) is 0 Å². The zero-order valence-electron chi connectivity index (χ0n) is 14.2. The van der Waals surface area contributed by atoms with E-state index in [-0.39, 0.29) is 11.5 Å². The third-order valence-electron chi connectivity index (χ3n) is 5.24. The van der Waals surface area contributed by atoms with Crippen molar-refractivity contribution in [2.45, 2.75) is 18.9 Å². The molecule has 0 radical (unpaired) electrons. The van der Waals surface area contributed by atoms with Gasteiger partial charge in [-0.15, -0.1) is 0 Å². The fourth-order valence-corrected chi connectivity index (χ4v) is 3.95. The number of pyridine rings is 1. The van der Waals surface area contributed by atoms with Crippen molar-refractivity contribution in [3.63, 3.8) is 0 Å². The molecule has 130 valence electrons. The summed E-state index contributed by atoms with van der Waals surface area (Å²) >= 11 is 0. The predicted molar refractivity (Wildman–Crippen MR) is 94.2 cm³/mol. The van der Waals surface area contributed by atoms with E-state index in [9.17, 15) is 9.59 Å². The van der Waals surface area contributed by atoms with Crippen LogP contribution in [0.3, 0.4) is 0 Å². The fraction of sp³-hybridized carbons (Fsp3) is 0.368. The van der Waals surface area contributed by atoms with Crippen molar-refractivity contribution in [2.75, 3.05) is 25.5 Å². The third-order valence-corrected chi connectivity index (χ3v) is 5.24. The van der Waals surface area contributed by atoms with E-state index >= 15 is 0 Å². The first-order chi connectivity index (χ1) is 12.2. The first-order valence-electron chi connectivity index (χ1n) is 8.66. The van der Waals surface area contributed by atoms with Crippen LogP contribution in [0, 0.1) is 5.92 Å². The van der Waals surface area contributed by atoms with Crippen LogP contribution in [-0.4, -0.2) is 30.7 Å². The lowest BCUT2D eigenvalue weighted by Crippen LogP contribution is -2.89. The van der Waals surface area contributed by atoms with E-state index in [2.05, 4.69) is 10.6 Å². The summed E-state index contributed by atoms with van der Waals surface area (Å²) in [6.45, 7) is 2.85. The van der Waals surface area contributed by atoms with Crippen molar-refractivity contribution in [3.8, 4) is 5.75 Å². The van der Waals surface area contributed by atoms with Gasteiger partial charge in [-0.25, -0.2) is 0 Å². The van der Waals surface area contributed by atoms with Crippen LogP contribution < -0.4 is 20.9 Å². The van der Waals surface area contributed by atoms with E-state index in [1.54, 1.807) is 37.4 Å². The van der Waals surface area contributed by atoms with Crippen molar-refractivity contribution in [2.24, 2.45) is 5.92 Å². The van der Waals surface area contributed by atoms with Crippen molar-refractivity contribution in [3.05, 3.63) is 58.0 Å². The molecule has 2 bridgehead atoms. The Bertz CT molecular complexity index is 857. The van der Waals surface area contributed by atoms with Gasteiger partial charge in [0.1, 0.15) is 11.4 Å².